The maximum Gasteiger partial charge on any atom is 0.407 e. The highest BCUT2D eigenvalue weighted by molar-refractivity contribution is 6.27. The molecule has 0 unspecified atom stereocenters. The molecular weight excluding hydrogens is 366 g/mol. The summed E-state index contributed by atoms with van der Waals surface area (Å²) in [6, 6.07) is 7.90. The minimum atomic E-state index is -0.562. The summed E-state index contributed by atoms with van der Waals surface area (Å²) in [5.41, 5.74) is 2.49. The number of nitrogens with zero attached hydrogens (tertiary/aromatic N) is 2. The van der Waals surface area contributed by atoms with E-state index in [9.17, 15) is 9.59 Å². The lowest BCUT2D eigenvalue weighted by molar-refractivity contribution is -0.129. The quantitative estimate of drug-likeness (QED) is 0.756. The number of amides is 2. The molecule has 0 aliphatic heterocycles. The first-order valence-corrected chi connectivity index (χ1v) is 9.57. The van der Waals surface area contributed by atoms with Crippen molar-refractivity contribution in [3.05, 3.63) is 34.9 Å². The van der Waals surface area contributed by atoms with Gasteiger partial charge in [-0.2, -0.15) is 5.26 Å². The fourth-order valence-corrected chi connectivity index (χ4v) is 3.40. The van der Waals surface area contributed by atoms with Crippen LogP contribution in [0.15, 0.2) is 18.2 Å². The van der Waals surface area contributed by atoms with Crippen LogP contribution in [0.5, 0.6) is 0 Å². The molecule has 6 nitrogen and oxygen atoms in total. The van der Waals surface area contributed by atoms with E-state index in [0.29, 0.717) is 25.2 Å². The summed E-state index contributed by atoms with van der Waals surface area (Å²) < 4.78 is 5.20. The number of alkyl halides is 1. The predicted molar refractivity (Wildman–Crippen MR) is 104 cm³/mol. The summed E-state index contributed by atoms with van der Waals surface area (Å²) in [6.45, 7) is 6.64. The van der Waals surface area contributed by atoms with Crippen LogP contribution in [0.3, 0.4) is 0 Å². The Bertz CT molecular complexity index is 737. The molecule has 0 spiro atoms. The molecule has 0 saturated heterocycles. The zero-order valence-corrected chi connectivity index (χ0v) is 16.8. The predicted octanol–water partition coefficient (Wildman–Crippen LogP) is 2.87. The molecule has 2 rings (SSSR count). The third-order valence-electron chi connectivity index (χ3n) is 4.35. The summed E-state index contributed by atoms with van der Waals surface area (Å²) in [4.78, 5) is 25.6. The van der Waals surface area contributed by atoms with Gasteiger partial charge in [0.1, 0.15) is 11.5 Å². The van der Waals surface area contributed by atoms with Gasteiger partial charge < -0.3 is 15.0 Å². The molecule has 1 atom stereocenters. The lowest BCUT2D eigenvalue weighted by atomic mass is 10.1. The summed E-state index contributed by atoms with van der Waals surface area (Å²) in [6.07, 6.45) is 1.20. The normalized spacial score (nSPS) is 15.6. The first-order valence-electron chi connectivity index (χ1n) is 9.04. The number of nitrogens with one attached hydrogen (secondary N) is 1. The van der Waals surface area contributed by atoms with Gasteiger partial charge in [0.15, 0.2) is 0 Å². The van der Waals surface area contributed by atoms with Crippen molar-refractivity contribution in [3.63, 3.8) is 0 Å². The number of rotatable bonds is 6. The number of nitriles is 1. The molecule has 2 amide bonds. The number of fused-ring (bicyclic) bond motifs is 1. The molecule has 146 valence electrons. The number of ether oxygens (including phenoxy) is 1. The molecule has 7 heteroatoms. The highest BCUT2D eigenvalue weighted by atomic mass is 35.5. The van der Waals surface area contributed by atoms with E-state index < -0.39 is 11.7 Å². The van der Waals surface area contributed by atoms with Gasteiger partial charge in [-0.05, 0) is 62.8 Å². The highest BCUT2D eigenvalue weighted by Crippen LogP contribution is 2.28. The van der Waals surface area contributed by atoms with Crippen LogP contribution in [0.2, 0.25) is 0 Å². The van der Waals surface area contributed by atoms with Crippen molar-refractivity contribution in [2.24, 2.45) is 5.92 Å². The number of alkyl carbamates (subject to hydrolysis) is 1. The molecule has 0 fully saturated rings. The van der Waals surface area contributed by atoms with Crippen LogP contribution < -0.4 is 5.32 Å². The van der Waals surface area contributed by atoms with Gasteiger partial charge in [0, 0.05) is 19.6 Å². The molecule has 0 saturated carbocycles. The van der Waals surface area contributed by atoms with Gasteiger partial charge in [0.25, 0.3) is 0 Å². The summed E-state index contributed by atoms with van der Waals surface area (Å²) in [5.74, 6) is 0.0315. The van der Waals surface area contributed by atoms with Crippen LogP contribution in [-0.2, 0) is 22.4 Å². The van der Waals surface area contributed by atoms with Gasteiger partial charge in [0.05, 0.1) is 11.6 Å². The largest absolute Gasteiger partial charge is 0.444 e. The Hall–Kier alpha value is -2.26. The molecule has 0 heterocycles. The number of carbonyl (C=O) groups is 2. The van der Waals surface area contributed by atoms with Gasteiger partial charge in [-0.3, -0.25) is 4.79 Å². The van der Waals surface area contributed by atoms with Crippen LogP contribution in [0.1, 0.15) is 37.5 Å². The lowest BCUT2D eigenvalue weighted by Crippen LogP contribution is -2.42. The molecule has 0 radical (unpaired) electrons. The Labute approximate surface area is 165 Å². The van der Waals surface area contributed by atoms with Crippen LogP contribution in [0, 0.1) is 17.2 Å². The number of carbonyl (C=O) groups excluding carboxylic acids is 2. The fourth-order valence-electron chi connectivity index (χ4n) is 3.23. The van der Waals surface area contributed by atoms with Crippen LogP contribution in [0.25, 0.3) is 0 Å². The second kappa shape index (κ2) is 9.09. The Morgan fingerprint density at radius 2 is 2.04 bits per heavy atom. The van der Waals surface area contributed by atoms with Gasteiger partial charge >= 0.3 is 6.09 Å². The van der Waals surface area contributed by atoms with Crippen molar-refractivity contribution in [3.8, 4) is 6.07 Å². The third kappa shape index (κ3) is 6.44. The first kappa shape index (κ1) is 21.0. The average molecular weight is 392 g/mol. The van der Waals surface area contributed by atoms with Crippen molar-refractivity contribution in [2.75, 3.05) is 25.5 Å². The minimum Gasteiger partial charge on any atom is -0.444 e. The summed E-state index contributed by atoms with van der Waals surface area (Å²) in [5, 5.41) is 11.7. The van der Waals surface area contributed by atoms with Crippen molar-refractivity contribution in [2.45, 2.75) is 39.2 Å². The van der Waals surface area contributed by atoms with Crippen molar-refractivity contribution in [1.29, 1.82) is 5.26 Å². The number of halogens is 1. The number of hydrogen-bond acceptors (Lipinski definition) is 4. The highest BCUT2D eigenvalue weighted by Gasteiger charge is 2.25. The first-order chi connectivity index (χ1) is 12.7. The maximum atomic E-state index is 12.2. The van der Waals surface area contributed by atoms with E-state index >= 15 is 0 Å². The van der Waals surface area contributed by atoms with Gasteiger partial charge in [0.2, 0.25) is 5.91 Å². The molecule has 1 N–H and O–H groups in total. The lowest BCUT2D eigenvalue weighted by Gasteiger charge is -2.26. The zero-order valence-electron chi connectivity index (χ0n) is 16.0. The van der Waals surface area contributed by atoms with E-state index in [4.69, 9.17) is 21.6 Å². The SMILES string of the molecule is CC(C)(C)OC(=O)NCCN(C[C@H]1Cc2ccc(C#N)cc2C1)C(=O)CCl. The molecular formula is C20H26ClN3O3. The monoisotopic (exact) mass is 391 g/mol. The van der Waals surface area contributed by atoms with Gasteiger partial charge in [-0.15, -0.1) is 11.6 Å². The molecule has 0 aromatic heterocycles. The molecule has 0 bridgehead atoms. The summed E-state index contributed by atoms with van der Waals surface area (Å²) in [7, 11) is 0. The summed E-state index contributed by atoms with van der Waals surface area (Å²) >= 11 is 5.75. The second-order valence-corrected chi connectivity index (χ2v) is 8.04. The zero-order chi connectivity index (χ0) is 20.0. The molecule has 1 aromatic rings. The van der Waals surface area contributed by atoms with Crippen molar-refractivity contribution < 1.29 is 14.3 Å². The van der Waals surface area contributed by atoms with E-state index in [1.54, 1.807) is 25.7 Å². The molecule has 1 aliphatic carbocycles. The fraction of sp³-hybridized carbons (Fsp3) is 0.550. The standard InChI is InChI=1S/C20H26ClN3O3/c1-20(2,3)27-19(26)23-6-7-24(18(25)11-21)13-15-9-16-5-4-14(12-22)8-17(16)10-15/h4-5,8,15H,6-7,9-11,13H2,1-3H3,(H,23,26)/t15-/m0/s1. The Morgan fingerprint density at radius 3 is 2.67 bits per heavy atom. The van der Waals surface area contributed by atoms with Gasteiger partial charge in [-0.25, -0.2) is 4.79 Å². The third-order valence-corrected chi connectivity index (χ3v) is 4.58. The van der Waals surface area contributed by atoms with Crippen LogP contribution in [-0.4, -0.2) is 48.0 Å². The Morgan fingerprint density at radius 1 is 1.33 bits per heavy atom. The van der Waals surface area contributed by atoms with E-state index in [2.05, 4.69) is 11.4 Å². The van der Waals surface area contributed by atoms with Crippen LogP contribution >= 0.6 is 11.6 Å². The van der Waals surface area contributed by atoms with E-state index in [1.165, 1.54) is 11.1 Å². The van der Waals surface area contributed by atoms with Crippen molar-refractivity contribution in [1.82, 2.24) is 10.2 Å². The topological polar surface area (TPSA) is 82.4 Å². The smallest absolute Gasteiger partial charge is 0.407 e. The van der Waals surface area contributed by atoms with Crippen LogP contribution in [0.4, 0.5) is 4.79 Å². The minimum absolute atomic E-state index is 0.0926. The van der Waals surface area contributed by atoms with E-state index in [0.717, 1.165) is 12.8 Å². The maximum absolute atomic E-state index is 12.2. The molecule has 1 aromatic carbocycles. The van der Waals surface area contributed by atoms with E-state index in [1.807, 2.05) is 18.2 Å². The molecule has 27 heavy (non-hydrogen) atoms. The van der Waals surface area contributed by atoms with E-state index in [-0.39, 0.29) is 17.7 Å². The van der Waals surface area contributed by atoms with Crippen molar-refractivity contribution >= 4 is 23.6 Å². The average Bonchev–Trinajstić information content (AvgIpc) is 2.99. The molecule has 1 aliphatic rings. The number of benzene rings is 1. The second-order valence-electron chi connectivity index (χ2n) is 7.77. The Kier molecular flexibility index (Phi) is 7.09. The van der Waals surface area contributed by atoms with Gasteiger partial charge in [-0.1, -0.05) is 6.07 Å². The number of hydrogen-bond donors (Lipinski definition) is 1. The Balaban J connectivity index is 1.89.